The number of hydrogen-bond donors (Lipinski definition) is 2. The molecule has 2 aromatic carbocycles. The number of nitro benzene ring substituents is 1. The molecule has 6 nitrogen and oxygen atoms in total. The molecular formula is C16H15FN2O4. The summed E-state index contributed by atoms with van der Waals surface area (Å²) in [6, 6.07) is 9.57. The zero-order chi connectivity index (χ0) is 17.0. The van der Waals surface area contributed by atoms with Crippen LogP contribution in [0.1, 0.15) is 27.6 Å². The lowest BCUT2D eigenvalue weighted by molar-refractivity contribution is -0.385. The maximum absolute atomic E-state index is 13.1. The van der Waals surface area contributed by atoms with Crippen molar-refractivity contribution < 1.29 is 19.2 Å². The molecule has 0 aliphatic carbocycles. The highest BCUT2D eigenvalue weighted by Gasteiger charge is 2.20. The van der Waals surface area contributed by atoms with E-state index in [1.807, 2.05) is 0 Å². The number of amides is 1. The van der Waals surface area contributed by atoms with Crippen LogP contribution in [0.4, 0.5) is 10.1 Å². The van der Waals surface area contributed by atoms with Gasteiger partial charge in [0.15, 0.2) is 0 Å². The lowest BCUT2D eigenvalue weighted by atomic mass is 10.1. The first-order chi connectivity index (χ1) is 10.9. The Bertz CT molecular complexity index is 749. The van der Waals surface area contributed by atoms with E-state index in [-0.39, 0.29) is 17.8 Å². The van der Waals surface area contributed by atoms with Crippen molar-refractivity contribution in [2.45, 2.75) is 13.0 Å². The number of rotatable bonds is 5. The minimum Gasteiger partial charge on any atom is -0.387 e. The normalized spacial score (nSPS) is 11.8. The van der Waals surface area contributed by atoms with E-state index in [0.29, 0.717) is 11.1 Å². The van der Waals surface area contributed by atoms with Crippen LogP contribution in [0.5, 0.6) is 0 Å². The van der Waals surface area contributed by atoms with E-state index in [4.69, 9.17) is 0 Å². The quantitative estimate of drug-likeness (QED) is 0.654. The van der Waals surface area contributed by atoms with Gasteiger partial charge in [-0.3, -0.25) is 14.9 Å². The van der Waals surface area contributed by atoms with Gasteiger partial charge in [-0.1, -0.05) is 18.2 Å². The van der Waals surface area contributed by atoms with Gasteiger partial charge in [-0.05, 0) is 36.2 Å². The molecular weight excluding hydrogens is 303 g/mol. The summed E-state index contributed by atoms with van der Waals surface area (Å²) in [5.41, 5.74) is 0.616. The first kappa shape index (κ1) is 16.6. The Morgan fingerprint density at radius 1 is 1.35 bits per heavy atom. The van der Waals surface area contributed by atoms with Gasteiger partial charge < -0.3 is 10.4 Å². The van der Waals surface area contributed by atoms with Gasteiger partial charge in [0.2, 0.25) is 0 Å². The largest absolute Gasteiger partial charge is 0.387 e. The fourth-order valence-electron chi connectivity index (χ4n) is 2.11. The van der Waals surface area contributed by atoms with Crippen LogP contribution < -0.4 is 5.32 Å². The molecule has 0 aromatic heterocycles. The molecule has 1 atom stereocenters. The second-order valence-electron chi connectivity index (χ2n) is 5.06. The van der Waals surface area contributed by atoms with Gasteiger partial charge in [0, 0.05) is 12.6 Å². The van der Waals surface area contributed by atoms with Crippen LogP contribution in [0.2, 0.25) is 0 Å². The molecule has 2 rings (SSSR count). The Balaban J connectivity index is 2.11. The first-order valence-electron chi connectivity index (χ1n) is 6.85. The number of hydrogen-bond acceptors (Lipinski definition) is 4. The predicted molar refractivity (Wildman–Crippen MR) is 81.5 cm³/mol. The van der Waals surface area contributed by atoms with Crippen molar-refractivity contribution in [2.75, 3.05) is 6.54 Å². The molecule has 0 aliphatic heterocycles. The molecule has 0 heterocycles. The fraction of sp³-hybridized carbons (Fsp3) is 0.188. The third-order valence-corrected chi connectivity index (χ3v) is 3.28. The van der Waals surface area contributed by atoms with Gasteiger partial charge in [-0.25, -0.2) is 4.39 Å². The molecule has 0 spiro atoms. The Morgan fingerprint density at radius 2 is 2.09 bits per heavy atom. The number of carbonyl (C=O) groups excluding carboxylic acids is 1. The molecule has 23 heavy (non-hydrogen) atoms. The monoisotopic (exact) mass is 318 g/mol. The lowest BCUT2D eigenvalue weighted by Crippen LogP contribution is -2.29. The average Bonchev–Trinajstić information content (AvgIpc) is 2.51. The number of carbonyl (C=O) groups is 1. The number of aliphatic hydroxyl groups excluding tert-OH is 1. The number of nitro groups is 1. The molecule has 0 unspecified atom stereocenters. The summed E-state index contributed by atoms with van der Waals surface area (Å²) in [6.45, 7) is 1.52. The fourth-order valence-corrected chi connectivity index (χ4v) is 2.11. The van der Waals surface area contributed by atoms with Crippen LogP contribution in [-0.2, 0) is 0 Å². The summed E-state index contributed by atoms with van der Waals surface area (Å²) in [7, 11) is 0. The summed E-state index contributed by atoms with van der Waals surface area (Å²) in [5, 5.41) is 23.4. The van der Waals surface area contributed by atoms with Gasteiger partial charge >= 0.3 is 0 Å². The highest BCUT2D eigenvalue weighted by molar-refractivity contribution is 5.98. The van der Waals surface area contributed by atoms with Gasteiger partial charge in [-0.2, -0.15) is 0 Å². The van der Waals surface area contributed by atoms with Crippen molar-refractivity contribution in [3.05, 3.63) is 75.1 Å². The zero-order valence-electron chi connectivity index (χ0n) is 12.3. The molecule has 2 aromatic rings. The van der Waals surface area contributed by atoms with E-state index < -0.39 is 22.8 Å². The van der Waals surface area contributed by atoms with E-state index in [1.54, 1.807) is 6.92 Å². The topological polar surface area (TPSA) is 92.5 Å². The molecule has 0 saturated carbocycles. The predicted octanol–water partition coefficient (Wildman–Crippen LogP) is 2.51. The lowest BCUT2D eigenvalue weighted by Gasteiger charge is -2.12. The molecule has 120 valence electrons. The van der Waals surface area contributed by atoms with Crippen molar-refractivity contribution in [3.8, 4) is 0 Å². The number of halogens is 1. The second-order valence-corrected chi connectivity index (χ2v) is 5.06. The van der Waals surface area contributed by atoms with Crippen LogP contribution in [0, 0.1) is 22.9 Å². The number of aryl methyl sites for hydroxylation is 1. The standard InChI is InChI=1S/C16H15FN2O4/c1-10-5-6-14(19(22)23)13(7-10)16(21)18-9-15(20)11-3-2-4-12(17)8-11/h2-8,15,20H,9H2,1H3,(H,18,21)/t15-/m1/s1. The molecule has 1 amide bonds. The maximum Gasteiger partial charge on any atom is 0.282 e. The Hall–Kier alpha value is -2.80. The van der Waals surface area contributed by atoms with E-state index >= 15 is 0 Å². The van der Waals surface area contributed by atoms with E-state index in [9.17, 15) is 24.4 Å². The first-order valence-corrected chi connectivity index (χ1v) is 6.85. The van der Waals surface area contributed by atoms with Crippen LogP contribution in [0.15, 0.2) is 42.5 Å². The van der Waals surface area contributed by atoms with Crippen molar-refractivity contribution in [1.82, 2.24) is 5.32 Å². The van der Waals surface area contributed by atoms with Gasteiger partial charge in [0.05, 0.1) is 11.0 Å². The van der Waals surface area contributed by atoms with Crippen molar-refractivity contribution in [2.24, 2.45) is 0 Å². The third-order valence-electron chi connectivity index (χ3n) is 3.28. The molecule has 7 heteroatoms. The Morgan fingerprint density at radius 3 is 2.74 bits per heavy atom. The number of nitrogens with zero attached hydrogens (tertiary/aromatic N) is 1. The molecule has 0 saturated heterocycles. The van der Waals surface area contributed by atoms with Crippen molar-refractivity contribution >= 4 is 11.6 Å². The SMILES string of the molecule is Cc1ccc([N+](=O)[O-])c(C(=O)NC[C@@H](O)c2cccc(F)c2)c1. The summed E-state index contributed by atoms with van der Waals surface area (Å²) >= 11 is 0. The number of nitrogens with one attached hydrogen (secondary N) is 1. The minimum absolute atomic E-state index is 0.0820. The maximum atomic E-state index is 13.1. The average molecular weight is 318 g/mol. The van der Waals surface area contributed by atoms with Crippen LogP contribution >= 0.6 is 0 Å². The van der Waals surface area contributed by atoms with Crippen LogP contribution in [0.25, 0.3) is 0 Å². The Kier molecular flexibility index (Phi) is 5.02. The second kappa shape index (κ2) is 6.97. The highest BCUT2D eigenvalue weighted by atomic mass is 19.1. The van der Waals surface area contributed by atoms with Crippen molar-refractivity contribution in [3.63, 3.8) is 0 Å². The smallest absolute Gasteiger partial charge is 0.282 e. The zero-order valence-corrected chi connectivity index (χ0v) is 12.3. The van der Waals surface area contributed by atoms with Gasteiger partial charge in [0.1, 0.15) is 11.4 Å². The Labute approximate surface area is 131 Å². The van der Waals surface area contributed by atoms with Crippen molar-refractivity contribution in [1.29, 1.82) is 0 Å². The minimum atomic E-state index is -1.11. The van der Waals surface area contributed by atoms with E-state index in [1.165, 1.54) is 36.4 Å². The highest BCUT2D eigenvalue weighted by Crippen LogP contribution is 2.20. The van der Waals surface area contributed by atoms with E-state index in [0.717, 1.165) is 6.07 Å². The molecule has 2 N–H and O–H groups in total. The van der Waals surface area contributed by atoms with Crippen LogP contribution in [-0.4, -0.2) is 22.5 Å². The van der Waals surface area contributed by atoms with Crippen LogP contribution in [0.3, 0.4) is 0 Å². The molecule has 0 radical (unpaired) electrons. The summed E-state index contributed by atoms with van der Waals surface area (Å²) < 4.78 is 13.1. The molecule has 0 fully saturated rings. The number of aliphatic hydroxyl groups is 1. The van der Waals surface area contributed by atoms with E-state index in [2.05, 4.69) is 5.32 Å². The molecule has 0 aliphatic rings. The summed E-state index contributed by atoms with van der Waals surface area (Å²) in [4.78, 5) is 22.5. The number of benzene rings is 2. The summed E-state index contributed by atoms with van der Waals surface area (Å²) in [6.07, 6.45) is -1.11. The summed E-state index contributed by atoms with van der Waals surface area (Å²) in [5.74, 6) is -1.17. The molecule has 0 bridgehead atoms. The van der Waals surface area contributed by atoms with Gasteiger partial charge in [-0.15, -0.1) is 0 Å². The van der Waals surface area contributed by atoms with Gasteiger partial charge in [0.25, 0.3) is 11.6 Å². The third kappa shape index (κ3) is 4.10.